The van der Waals surface area contributed by atoms with Gasteiger partial charge in [0.1, 0.15) is 12.1 Å². The first-order valence-corrected chi connectivity index (χ1v) is 9.32. The lowest BCUT2D eigenvalue weighted by Gasteiger charge is -2.19. The van der Waals surface area contributed by atoms with Gasteiger partial charge in [-0.2, -0.15) is 0 Å². The lowest BCUT2D eigenvalue weighted by molar-refractivity contribution is -0.142. The molecule has 10 N–H and O–H groups in total. The lowest BCUT2D eigenvalue weighted by atomic mass is 10.1. The predicted molar refractivity (Wildman–Crippen MR) is 105 cm³/mol. The van der Waals surface area contributed by atoms with Gasteiger partial charge in [-0.25, -0.2) is 9.78 Å². The van der Waals surface area contributed by atoms with Gasteiger partial charge < -0.3 is 42.6 Å². The van der Waals surface area contributed by atoms with Gasteiger partial charge in [-0.15, -0.1) is 0 Å². The van der Waals surface area contributed by atoms with Gasteiger partial charge in [0, 0.05) is 24.7 Å². The van der Waals surface area contributed by atoms with E-state index in [0.29, 0.717) is 5.69 Å². The minimum atomic E-state index is -1.54. The molecule has 0 saturated carbocycles. The number of rotatable bonds is 14. The number of hydrogen-bond acceptors (Lipinski definition) is 8. The summed E-state index contributed by atoms with van der Waals surface area (Å²) in [7, 11) is 0. The van der Waals surface area contributed by atoms with E-state index in [1.165, 1.54) is 12.5 Å². The molecule has 1 aromatic rings. The number of carbonyl (C=O) groups excluding carboxylic acids is 4. The average Bonchev–Trinajstić information content (AvgIpc) is 3.20. The van der Waals surface area contributed by atoms with Crippen LogP contribution in [-0.4, -0.2) is 80.4 Å². The molecule has 0 saturated heterocycles. The van der Waals surface area contributed by atoms with Gasteiger partial charge in [-0.1, -0.05) is 0 Å². The van der Waals surface area contributed by atoms with Crippen LogP contribution in [0.15, 0.2) is 12.5 Å². The van der Waals surface area contributed by atoms with Crippen molar-refractivity contribution in [2.24, 2.45) is 11.5 Å². The molecule has 1 aromatic heterocycles. The fourth-order valence-electron chi connectivity index (χ4n) is 2.47. The van der Waals surface area contributed by atoms with Crippen LogP contribution in [0.4, 0.5) is 0 Å². The van der Waals surface area contributed by atoms with Crippen molar-refractivity contribution in [1.29, 1.82) is 0 Å². The second kappa shape index (κ2) is 12.6. The molecule has 1 heterocycles. The summed E-state index contributed by atoms with van der Waals surface area (Å²) in [5.74, 6) is -6.26. The van der Waals surface area contributed by atoms with Crippen molar-refractivity contribution in [1.82, 2.24) is 25.9 Å². The van der Waals surface area contributed by atoms with E-state index in [2.05, 4.69) is 25.9 Å². The van der Waals surface area contributed by atoms with Crippen LogP contribution in [0.2, 0.25) is 0 Å². The predicted octanol–water partition coefficient (Wildman–Crippen LogP) is -3.81. The monoisotopic (exact) mass is 455 g/mol. The van der Waals surface area contributed by atoms with E-state index in [9.17, 15) is 28.8 Å². The number of amides is 4. The Balaban J connectivity index is 2.63. The van der Waals surface area contributed by atoms with Crippen LogP contribution < -0.4 is 27.4 Å². The number of aromatic nitrogens is 2. The number of H-pyrrole nitrogens is 1. The Morgan fingerprint density at radius 3 is 2.28 bits per heavy atom. The van der Waals surface area contributed by atoms with E-state index in [4.69, 9.17) is 21.7 Å². The highest BCUT2D eigenvalue weighted by atomic mass is 16.4. The molecule has 0 spiro atoms. The van der Waals surface area contributed by atoms with Crippen LogP contribution in [0.3, 0.4) is 0 Å². The van der Waals surface area contributed by atoms with Crippen molar-refractivity contribution in [2.45, 2.75) is 43.8 Å². The third-order valence-corrected chi connectivity index (χ3v) is 4.08. The smallest absolute Gasteiger partial charge is 0.326 e. The number of aromatic amines is 1. The molecular formula is C17H25N7O8. The molecule has 0 aliphatic carbocycles. The molecule has 0 bridgehead atoms. The first-order chi connectivity index (χ1) is 15.0. The maximum absolute atomic E-state index is 12.3. The van der Waals surface area contributed by atoms with Gasteiger partial charge in [0.15, 0.2) is 0 Å². The summed E-state index contributed by atoms with van der Waals surface area (Å²) in [5, 5.41) is 24.5. The zero-order valence-electron chi connectivity index (χ0n) is 16.9. The second-order valence-corrected chi connectivity index (χ2v) is 6.73. The van der Waals surface area contributed by atoms with E-state index < -0.39 is 66.7 Å². The van der Waals surface area contributed by atoms with E-state index in [-0.39, 0.29) is 19.3 Å². The molecular weight excluding hydrogens is 430 g/mol. The highest BCUT2D eigenvalue weighted by Crippen LogP contribution is 2.00. The third kappa shape index (κ3) is 9.66. The SMILES string of the molecule is NC(=O)CCC(NC(=O)CNC(=O)C(CC(=O)O)NC(=O)C(N)Cc1cnc[nH]1)C(=O)O. The highest BCUT2D eigenvalue weighted by Gasteiger charge is 2.27. The number of carboxylic acids is 2. The van der Waals surface area contributed by atoms with Crippen LogP contribution in [0, 0.1) is 0 Å². The number of hydrogen-bond donors (Lipinski definition) is 8. The zero-order chi connectivity index (χ0) is 24.3. The van der Waals surface area contributed by atoms with Crippen molar-refractivity contribution in [3.8, 4) is 0 Å². The Bertz CT molecular complexity index is 842. The Morgan fingerprint density at radius 2 is 1.75 bits per heavy atom. The van der Waals surface area contributed by atoms with Crippen molar-refractivity contribution < 1.29 is 39.0 Å². The molecule has 3 unspecified atom stereocenters. The number of primary amides is 1. The Kier molecular flexibility index (Phi) is 10.3. The van der Waals surface area contributed by atoms with Gasteiger partial charge in [0.2, 0.25) is 23.6 Å². The lowest BCUT2D eigenvalue weighted by Crippen LogP contribution is -2.54. The molecule has 0 aliphatic rings. The third-order valence-electron chi connectivity index (χ3n) is 4.08. The average molecular weight is 455 g/mol. The minimum absolute atomic E-state index is 0.0531. The number of aliphatic carboxylic acids is 2. The first kappa shape index (κ1) is 26.0. The molecule has 3 atom stereocenters. The second-order valence-electron chi connectivity index (χ2n) is 6.73. The van der Waals surface area contributed by atoms with E-state index in [1.807, 2.05) is 0 Å². The van der Waals surface area contributed by atoms with Crippen LogP contribution >= 0.6 is 0 Å². The molecule has 1 rings (SSSR count). The van der Waals surface area contributed by atoms with Gasteiger partial charge in [-0.3, -0.25) is 24.0 Å². The molecule has 15 nitrogen and oxygen atoms in total. The van der Waals surface area contributed by atoms with E-state index >= 15 is 0 Å². The van der Waals surface area contributed by atoms with Crippen LogP contribution in [-0.2, 0) is 35.2 Å². The van der Waals surface area contributed by atoms with Crippen molar-refractivity contribution in [3.05, 3.63) is 18.2 Å². The summed E-state index contributed by atoms with van der Waals surface area (Å²) in [5.41, 5.74) is 11.2. The van der Waals surface area contributed by atoms with Crippen molar-refractivity contribution in [2.75, 3.05) is 6.54 Å². The summed E-state index contributed by atoms with van der Waals surface area (Å²) < 4.78 is 0. The quantitative estimate of drug-likeness (QED) is 0.135. The van der Waals surface area contributed by atoms with E-state index in [0.717, 1.165) is 0 Å². The summed E-state index contributed by atoms with van der Waals surface area (Å²) >= 11 is 0. The van der Waals surface area contributed by atoms with Gasteiger partial charge in [0.05, 0.1) is 25.3 Å². The number of imidazole rings is 1. The molecule has 0 radical (unpaired) electrons. The fourth-order valence-corrected chi connectivity index (χ4v) is 2.47. The Hall–Kier alpha value is -4.01. The molecule has 4 amide bonds. The van der Waals surface area contributed by atoms with Crippen molar-refractivity contribution in [3.63, 3.8) is 0 Å². The number of carbonyl (C=O) groups is 6. The Labute approximate surface area is 181 Å². The van der Waals surface area contributed by atoms with Crippen LogP contribution in [0.25, 0.3) is 0 Å². The summed E-state index contributed by atoms with van der Waals surface area (Å²) in [6.45, 7) is -0.703. The van der Waals surface area contributed by atoms with Crippen molar-refractivity contribution >= 4 is 35.6 Å². The summed E-state index contributed by atoms with van der Waals surface area (Å²) in [4.78, 5) is 75.9. The van der Waals surface area contributed by atoms with Crippen LogP contribution in [0.5, 0.6) is 0 Å². The largest absolute Gasteiger partial charge is 0.481 e. The topological polar surface area (TPSA) is 260 Å². The molecule has 176 valence electrons. The Morgan fingerprint density at radius 1 is 1.06 bits per heavy atom. The molecule has 15 heteroatoms. The number of nitrogens with two attached hydrogens (primary N) is 2. The highest BCUT2D eigenvalue weighted by molar-refractivity contribution is 5.94. The fraction of sp³-hybridized carbons (Fsp3) is 0.471. The number of nitrogens with one attached hydrogen (secondary N) is 4. The van der Waals surface area contributed by atoms with Gasteiger partial charge >= 0.3 is 11.9 Å². The standard InChI is InChI=1S/C17H25N7O8/c18-9(3-8-5-20-7-22-8)15(29)24-11(4-14(27)28)16(30)21-6-13(26)23-10(17(31)32)1-2-12(19)25/h5,7,9-11H,1-4,6,18H2,(H2,19,25)(H,20,22)(H,21,30)(H,23,26)(H,24,29)(H,27,28)(H,31,32). The number of nitrogens with zero attached hydrogens (tertiary/aromatic N) is 1. The normalized spacial score (nSPS) is 13.3. The molecule has 0 aliphatic heterocycles. The molecule has 0 fully saturated rings. The zero-order valence-corrected chi connectivity index (χ0v) is 16.9. The maximum atomic E-state index is 12.3. The molecule has 0 aromatic carbocycles. The maximum Gasteiger partial charge on any atom is 0.326 e. The summed E-state index contributed by atoms with van der Waals surface area (Å²) in [6.07, 6.45) is 1.56. The van der Waals surface area contributed by atoms with Gasteiger partial charge in [-0.05, 0) is 6.42 Å². The van der Waals surface area contributed by atoms with Crippen LogP contribution in [0.1, 0.15) is 25.0 Å². The minimum Gasteiger partial charge on any atom is -0.481 e. The van der Waals surface area contributed by atoms with E-state index in [1.54, 1.807) is 0 Å². The summed E-state index contributed by atoms with van der Waals surface area (Å²) in [6, 6.07) is -4.06. The number of carboxylic acid groups (broad SMARTS) is 2. The van der Waals surface area contributed by atoms with Gasteiger partial charge in [0.25, 0.3) is 0 Å². The molecule has 32 heavy (non-hydrogen) atoms. The first-order valence-electron chi connectivity index (χ1n) is 9.32.